The molecule has 0 fully saturated rings. The minimum absolute atomic E-state index is 0.0127. The Labute approximate surface area is 108 Å². The maximum atomic E-state index is 6.05. The lowest BCUT2D eigenvalue weighted by Crippen LogP contribution is -2.11. The number of H-pyrrole nitrogens is 1. The highest BCUT2D eigenvalue weighted by Gasteiger charge is 2.09. The van der Waals surface area contributed by atoms with E-state index in [0.717, 1.165) is 36.3 Å². The first-order chi connectivity index (χ1) is 8.74. The lowest BCUT2D eigenvalue weighted by molar-refractivity contribution is 0.609. The van der Waals surface area contributed by atoms with Gasteiger partial charge in [0.25, 0.3) is 0 Å². The molecule has 1 atom stereocenters. The van der Waals surface area contributed by atoms with Gasteiger partial charge in [-0.1, -0.05) is 44.5 Å². The SMILES string of the molecule is CCCC(N)c1ncc(-c2ccc(CC)cc2)[nH]1. The Hall–Kier alpha value is -1.61. The molecule has 0 radical (unpaired) electrons. The Balaban J connectivity index is 2.18. The van der Waals surface area contributed by atoms with Crippen LogP contribution in [0, 0.1) is 0 Å². The van der Waals surface area contributed by atoms with E-state index in [9.17, 15) is 0 Å². The molecule has 18 heavy (non-hydrogen) atoms. The van der Waals surface area contributed by atoms with Gasteiger partial charge in [0.2, 0.25) is 0 Å². The third-order valence-corrected chi connectivity index (χ3v) is 3.22. The van der Waals surface area contributed by atoms with Crippen LogP contribution < -0.4 is 5.73 Å². The number of nitrogens with two attached hydrogens (primary N) is 1. The van der Waals surface area contributed by atoms with Gasteiger partial charge in [-0.15, -0.1) is 0 Å². The molecule has 1 unspecified atom stereocenters. The Kier molecular flexibility index (Phi) is 4.15. The Bertz CT molecular complexity index is 485. The van der Waals surface area contributed by atoms with Crippen molar-refractivity contribution in [3.05, 3.63) is 41.9 Å². The van der Waals surface area contributed by atoms with E-state index >= 15 is 0 Å². The fourth-order valence-electron chi connectivity index (χ4n) is 2.04. The molecule has 2 aromatic rings. The van der Waals surface area contributed by atoms with Gasteiger partial charge in [-0.3, -0.25) is 0 Å². The first-order valence-electron chi connectivity index (χ1n) is 6.64. The van der Waals surface area contributed by atoms with Crippen molar-refractivity contribution in [2.45, 2.75) is 39.2 Å². The van der Waals surface area contributed by atoms with Crippen LogP contribution >= 0.6 is 0 Å². The molecule has 1 aromatic heterocycles. The van der Waals surface area contributed by atoms with Crippen LogP contribution in [-0.4, -0.2) is 9.97 Å². The summed E-state index contributed by atoms with van der Waals surface area (Å²) in [5, 5.41) is 0. The molecule has 0 aliphatic rings. The molecule has 3 N–H and O–H groups in total. The predicted molar refractivity (Wildman–Crippen MR) is 75.2 cm³/mol. The topological polar surface area (TPSA) is 54.7 Å². The molecular weight excluding hydrogens is 222 g/mol. The van der Waals surface area contributed by atoms with E-state index in [-0.39, 0.29) is 6.04 Å². The molecule has 3 nitrogen and oxygen atoms in total. The van der Waals surface area contributed by atoms with Gasteiger partial charge in [0, 0.05) is 0 Å². The lowest BCUT2D eigenvalue weighted by atomic mass is 10.1. The first-order valence-corrected chi connectivity index (χ1v) is 6.64. The fraction of sp³-hybridized carbons (Fsp3) is 0.400. The summed E-state index contributed by atoms with van der Waals surface area (Å²) in [6.07, 6.45) is 4.96. The van der Waals surface area contributed by atoms with Crippen molar-refractivity contribution in [3.8, 4) is 11.3 Å². The van der Waals surface area contributed by atoms with Gasteiger partial charge < -0.3 is 10.7 Å². The van der Waals surface area contributed by atoms with Crippen molar-refractivity contribution in [2.75, 3.05) is 0 Å². The van der Waals surface area contributed by atoms with Crippen molar-refractivity contribution in [1.82, 2.24) is 9.97 Å². The maximum Gasteiger partial charge on any atom is 0.123 e. The van der Waals surface area contributed by atoms with E-state index in [1.165, 1.54) is 5.56 Å². The highest BCUT2D eigenvalue weighted by molar-refractivity contribution is 5.58. The van der Waals surface area contributed by atoms with Gasteiger partial charge in [-0.05, 0) is 24.0 Å². The average molecular weight is 243 g/mol. The number of aromatic nitrogens is 2. The second-order valence-corrected chi connectivity index (χ2v) is 4.63. The van der Waals surface area contributed by atoms with E-state index in [1.807, 2.05) is 6.20 Å². The van der Waals surface area contributed by atoms with Crippen LogP contribution in [0.3, 0.4) is 0 Å². The van der Waals surface area contributed by atoms with Crippen molar-refractivity contribution < 1.29 is 0 Å². The molecule has 0 bridgehead atoms. The van der Waals surface area contributed by atoms with Gasteiger partial charge in [0.15, 0.2) is 0 Å². The molecule has 96 valence electrons. The molecule has 2 rings (SSSR count). The van der Waals surface area contributed by atoms with Crippen molar-refractivity contribution in [1.29, 1.82) is 0 Å². The Morgan fingerprint density at radius 1 is 1.22 bits per heavy atom. The van der Waals surface area contributed by atoms with Crippen LogP contribution in [0.5, 0.6) is 0 Å². The normalized spacial score (nSPS) is 12.6. The zero-order chi connectivity index (χ0) is 13.0. The third kappa shape index (κ3) is 2.79. The standard InChI is InChI=1S/C15H21N3/c1-3-5-13(16)15-17-10-14(18-15)12-8-6-11(4-2)7-9-12/h6-10,13H,3-5,16H2,1-2H3,(H,17,18). The number of aromatic amines is 1. The van der Waals surface area contributed by atoms with Crippen molar-refractivity contribution in [2.24, 2.45) is 5.73 Å². The van der Waals surface area contributed by atoms with Gasteiger partial charge in [-0.25, -0.2) is 4.98 Å². The van der Waals surface area contributed by atoms with Crippen molar-refractivity contribution >= 4 is 0 Å². The molecular formula is C15H21N3. The summed E-state index contributed by atoms with van der Waals surface area (Å²) >= 11 is 0. The summed E-state index contributed by atoms with van der Waals surface area (Å²) in [4.78, 5) is 7.69. The molecule has 0 aliphatic heterocycles. The molecule has 0 amide bonds. The van der Waals surface area contributed by atoms with Crippen molar-refractivity contribution in [3.63, 3.8) is 0 Å². The number of nitrogens with one attached hydrogen (secondary N) is 1. The molecule has 0 saturated carbocycles. The highest BCUT2D eigenvalue weighted by atomic mass is 15.0. The summed E-state index contributed by atoms with van der Waals surface area (Å²) in [5.74, 6) is 0.881. The van der Waals surface area contributed by atoms with E-state index in [4.69, 9.17) is 5.73 Å². The fourth-order valence-corrected chi connectivity index (χ4v) is 2.04. The molecule has 1 aromatic carbocycles. The first kappa shape index (κ1) is 12.8. The van der Waals surface area contributed by atoms with Gasteiger partial charge in [-0.2, -0.15) is 0 Å². The van der Waals surface area contributed by atoms with Gasteiger partial charge in [0.05, 0.1) is 17.9 Å². The van der Waals surface area contributed by atoms with Crippen LogP contribution in [0.25, 0.3) is 11.3 Å². The molecule has 0 spiro atoms. The number of rotatable bonds is 5. The van der Waals surface area contributed by atoms with Crippen LogP contribution in [-0.2, 0) is 6.42 Å². The minimum atomic E-state index is 0.0127. The summed E-state index contributed by atoms with van der Waals surface area (Å²) in [5.41, 5.74) is 9.60. The van der Waals surface area contributed by atoms with E-state index < -0.39 is 0 Å². The third-order valence-electron chi connectivity index (χ3n) is 3.22. The highest BCUT2D eigenvalue weighted by Crippen LogP contribution is 2.20. The largest absolute Gasteiger partial charge is 0.341 e. The minimum Gasteiger partial charge on any atom is -0.341 e. The Morgan fingerprint density at radius 3 is 2.56 bits per heavy atom. The number of imidazole rings is 1. The zero-order valence-corrected chi connectivity index (χ0v) is 11.1. The average Bonchev–Trinajstić information content (AvgIpc) is 2.89. The second-order valence-electron chi connectivity index (χ2n) is 4.63. The molecule has 0 aliphatic carbocycles. The summed E-state index contributed by atoms with van der Waals surface area (Å²) in [6, 6.07) is 8.57. The quantitative estimate of drug-likeness (QED) is 0.845. The number of benzene rings is 1. The van der Waals surface area contributed by atoms with Gasteiger partial charge in [0.1, 0.15) is 5.82 Å². The smallest absolute Gasteiger partial charge is 0.123 e. The molecule has 3 heteroatoms. The van der Waals surface area contributed by atoms with E-state index in [1.54, 1.807) is 0 Å². The summed E-state index contributed by atoms with van der Waals surface area (Å²) < 4.78 is 0. The summed E-state index contributed by atoms with van der Waals surface area (Å²) in [7, 11) is 0. The molecule has 1 heterocycles. The van der Waals surface area contributed by atoms with Crippen LogP contribution in [0.2, 0.25) is 0 Å². The van der Waals surface area contributed by atoms with Crippen LogP contribution in [0.4, 0.5) is 0 Å². The molecule has 0 saturated heterocycles. The van der Waals surface area contributed by atoms with Crippen LogP contribution in [0.1, 0.15) is 44.1 Å². The van der Waals surface area contributed by atoms with E-state index in [2.05, 4.69) is 48.1 Å². The number of hydrogen-bond acceptors (Lipinski definition) is 2. The predicted octanol–water partition coefficient (Wildman–Crippen LogP) is 3.44. The van der Waals surface area contributed by atoms with Crippen LogP contribution in [0.15, 0.2) is 30.5 Å². The Morgan fingerprint density at radius 2 is 1.94 bits per heavy atom. The summed E-state index contributed by atoms with van der Waals surface area (Å²) in [6.45, 7) is 4.29. The monoisotopic (exact) mass is 243 g/mol. The zero-order valence-electron chi connectivity index (χ0n) is 11.1. The number of nitrogens with zero attached hydrogens (tertiary/aromatic N) is 1. The number of aryl methyl sites for hydroxylation is 1. The van der Waals surface area contributed by atoms with E-state index in [0.29, 0.717) is 0 Å². The maximum absolute atomic E-state index is 6.05. The van der Waals surface area contributed by atoms with Gasteiger partial charge >= 0.3 is 0 Å². The lowest BCUT2D eigenvalue weighted by Gasteiger charge is -2.06. The second kappa shape index (κ2) is 5.83. The number of hydrogen-bond donors (Lipinski definition) is 2.